The fourth-order valence-electron chi connectivity index (χ4n) is 2.53. The van der Waals surface area contributed by atoms with Crippen LogP contribution in [-0.2, 0) is 9.47 Å². The number of thiocarbonyl (C=S) groups is 1. The minimum absolute atomic E-state index is 0.378. The monoisotopic (exact) mass is 258 g/mol. The second-order valence-electron chi connectivity index (χ2n) is 4.67. The first-order valence-electron chi connectivity index (χ1n) is 6.57. The highest BCUT2D eigenvalue weighted by molar-refractivity contribution is 7.80. The molecule has 2 bridgehead atoms. The Bertz CT molecular complexity index is 263. The van der Waals surface area contributed by atoms with Crippen LogP contribution in [0, 0.1) is 0 Å². The van der Waals surface area contributed by atoms with E-state index in [1.165, 1.54) is 12.8 Å². The Hall–Kier alpha value is -0.390. The van der Waals surface area contributed by atoms with E-state index in [0.717, 1.165) is 37.7 Å². The third-order valence-electron chi connectivity index (χ3n) is 3.38. The van der Waals surface area contributed by atoms with Crippen molar-refractivity contribution in [3.63, 3.8) is 0 Å². The van der Waals surface area contributed by atoms with E-state index in [4.69, 9.17) is 21.7 Å². The van der Waals surface area contributed by atoms with Crippen LogP contribution in [0.4, 0.5) is 0 Å². The van der Waals surface area contributed by atoms with Crippen molar-refractivity contribution in [2.24, 2.45) is 0 Å². The summed E-state index contributed by atoms with van der Waals surface area (Å²) < 4.78 is 11.0. The van der Waals surface area contributed by atoms with Crippen LogP contribution in [-0.4, -0.2) is 43.1 Å². The van der Waals surface area contributed by atoms with Crippen molar-refractivity contribution in [1.29, 1.82) is 0 Å². The lowest BCUT2D eigenvalue weighted by molar-refractivity contribution is 0.0993. The largest absolute Gasteiger partial charge is 0.382 e. The summed E-state index contributed by atoms with van der Waals surface area (Å²) in [6.45, 7) is 4.46. The maximum Gasteiger partial charge on any atom is 0.166 e. The van der Waals surface area contributed by atoms with Gasteiger partial charge in [-0.3, -0.25) is 0 Å². The van der Waals surface area contributed by atoms with Crippen molar-refractivity contribution in [3.05, 3.63) is 0 Å². The highest BCUT2D eigenvalue weighted by Gasteiger charge is 2.40. The number of hydrogen-bond acceptors (Lipinski definition) is 3. The third kappa shape index (κ3) is 3.79. The highest BCUT2D eigenvalue weighted by atomic mass is 32.1. The minimum atomic E-state index is 0.378. The van der Waals surface area contributed by atoms with Gasteiger partial charge in [-0.1, -0.05) is 0 Å². The first-order valence-corrected chi connectivity index (χ1v) is 6.98. The van der Waals surface area contributed by atoms with Gasteiger partial charge >= 0.3 is 0 Å². The van der Waals surface area contributed by atoms with Gasteiger partial charge in [-0.15, -0.1) is 0 Å². The van der Waals surface area contributed by atoms with Crippen molar-refractivity contribution >= 4 is 17.3 Å². The smallest absolute Gasteiger partial charge is 0.166 e. The van der Waals surface area contributed by atoms with Crippen molar-refractivity contribution < 1.29 is 9.47 Å². The zero-order valence-electron chi connectivity index (χ0n) is 10.4. The van der Waals surface area contributed by atoms with Gasteiger partial charge in [0, 0.05) is 19.8 Å². The highest BCUT2D eigenvalue weighted by Crippen LogP contribution is 2.34. The maximum atomic E-state index is 5.77. The Labute approximate surface area is 108 Å². The summed E-state index contributed by atoms with van der Waals surface area (Å²) >= 11 is 5.27. The standard InChI is InChI=1S/C12H22N2O2S/c1-2-15-7-3-6-13-12(17)14-10-8-9-4-5-11(10)16-9/h9-11H,2-8H2,1H3,(H2,13,14,17). The molecular formula is C12H22N2O2S. The normalized spacial score (nSPS) is 30.5. The molecular weight excluding hydrogens is 236 g/mol. The van der Waals surface area contributed by atoms with Crippen LogP contribution >= 0.6 is 12.2 Å². The zero-order chi connectivity index (χ0) is 12.1. The molecule has 2 heterocycles. The van der Waals surface area contributed by atoms with Crippen LogP contribution in [0.2, 0.25) is 0 Å². The number of fused-ring (bicyclic) bond motifs is 2. The molecule has 98 valence electrons. The molecule has 2 fully saturated rings. The predicted molar refractivity (Wildman–Crippen MR) is 71.1 cm³/mol. The molecule has 2 N–H and O–H groups in total. The molecule has 0 aromatic rings. The lowest BCUT2D eigenvalue weighted by Crippen LogP contribution is -2.46. The molecule has 0 radical (unpaired) electrons. The fourth-order valence-corrected chi connectivity index (χ4v) is 2.78. The Morgan fingerprint density at radius 2 is 2.35 bits per heavy atom. The lowest BCUT2D eigenvalue weighted by Gasteiger charge is -2.22. The van der Waals surface area contributed by atoms with Gasteiger partial charge in [0.05, 0.1) is 18.2 Å². The van der Waals surface area contributed by atoms with Gasteiger partial charge < -0.3 is 20.1 Å². The summed E-state index contributed by atoms with van der Waals surface area (Å²) in [4.78, 5) is 0. The van der Waals surface area contributed by atoms with Gasteiger partial charge in [0.25, 0.3) is 0 Å². The van der Waals surface area contributed by atoms with Crippen LogP contribution in [0.15, 0.2) is 0 Å². The molecule has 3 unspecified atom stereocenters. The van der Waals surface area contributed by atoms with Crippen molar-refractivity contribution in [1.82, 2.24) is 10.6 Å². The second-order valence-corrected chi connectivity index (χ2v) is 5.08. The number of ether oxygens (including phenoxy) is 2. The molecule has 4 nitrogen and oxygen atoms in total. The SMILES string of the molecule is CCOCCCNC(=S)NC1CC2CCC1O2. The van der Waals surface area contributed by atoms with Crippen LogP contribution in [0.3, 0.4) is 0 Å². The van der Waals surface area contributed by atoms with E-state index in [9.17, 15) is 0 Å². The molecule has 5 heteroatoms. The fraction of sp³-hybridized carbons (Fsp3) is 0.917. The van der Waals surface area contributed by atoms with Crippen LogP contribution in [0.25, 0.3) is 0 Å². The van der Waals surface area contributed by atoms with Gasteiger partial charge in [0.15, 0.2) is 5.11 Å². The average molecular weight is 258 g/mol. The topological polar surface area (TPSA) is 42.5 Å². The van der Waals surface area contributed by atoms with Gasteiger partial charge in [0.2, 0.25) is 0 Å². The number of rotatable bonds is 6. The molecule has 17 heavy (non-hydrogen) atoms. The van der Waals surface area contributed by atoms with E-state index in [-0.39, 0.29) is 0 Å². The van der Waals surface area contributed by atoms with Gasteiger partial charge in [0.1, 0.15) is 0 Å². The van der Waals surface area contributed by atoms with Gasteiger partial charge in [-0.25, -0.2) is 0 Å². The molecule has 2 rings (SSSR count). The maximum absolute atomic E-state index is 5.77. The molecule has 0 aromatic heterocycles. The van der Waals surface area contributed by atoms with E-state index in [1.54, 1.807) is 0 Å². The molecule has 0 amide bonds. The Morgan fingerprint density at radius 1 is 1.47 bits per heavy atom. The van der Waals surface area contributed by atoms with E-state index in [2.05, 4.69) is 10.6 Å². The van der Waals surface area contributed by atoms with Crippen LogP contribution in [0.1, 0.15) is 32.6 Å². The number of hydrogen-bond donors (Lipinski definition) is 2. The molecule has 2 saturated heterocycles. The Morgan fingerprint density at radius 3 is 3.00 bits per heavy atom. The zero-order valence-corrected chi connectivity index (χ0v) is 11.2. The molecule has 3 atom stereocenters. The lowest BCUT2D eigenvalue weighted by atomic mass is 9.96. The molecule has 0 aliphatic carbocycles. The molecule has 2 aliphatic heterocycles. The summed E-state index contributed by atoms with van der Waals surface area (Å²) in [5.41, 5.74) is 0. The Balaban J connectivity index is 1.55. The molecule has 0 aromatic carbocycles. The van der Waals surface area contributed by atoms with Crippen molar-refractivity contribution in [3.8, 4) is 0 Å². The first kappa shape index (κ1) is 13.1. The number of nitrogens with one attached hydrogen (secondary N) is 2. The van der Waals surface area contributed by atoms with E-state index in [0.29, 0.717) is 18.2 Å². The van der Waals surface area contributed by atoms with Crippen LogP contribution < -0.4 is 10.6 Å². The third-order valence-corrected chi connectivity index (χ3v) is 3.64. The molecule has 2 aliphatic rings. The molecule has 0 saturated carbocycles. The van der Waals surface area contributed by atoms with Crippen molar-refractivity contribution in [2.75, 3.05) is 19.8 Å². The summed E-state index contributed by atoms with van der Waals surface area (Å²) in [6.07, 6.45) is 5.34. The first-order chi connectivity index (χ1) is 8.29. The van der Waals surface area contributed by atoms with Gasteiger partial charge in [-0.05, 0) is 44.8 Å². The average Bonchev–Trinajstić information content (AvgIpc) is 2.90. The van der Waals surface area contributed by atoms with Crippen molar-refractivity contribution in [2.45, 2.75) is 50.9 Å². The van der Waals surface area contributed by atoms with E-state index in [1.807, 2.05) is 6.92 Å². The quantitative estimate of drug-likeness (QED) is 0.553. The molecule has 0 spiro atoms. The second kappa shape index (κ2) is 6.52. The predicted octanol–water partition coefficient (Wildman–Crippen LogP) is 1.20. The minimum Gasteiger partial charge on any atom is -0.382 e. The van der Waals surface area contributed by atoms with E-state index < -0.39 is 0 Å². The van der Waals surface area contributed by atoms with Crippen LogP contribution in [0.5, 0.6) is 0 Å². The Kier molecular flexibility index (Phi) is 5.00. The summed E-state index contributed by atoms with van der Waals surface area (Å²) in [7, 11) is 0. The van der Waals surface area contributed by atoms with Gasteiger partial charge in [-0.2, -0.15) is 0 Å². The summed E-state index contributed by atoms with van der Waals surface area (Å²) in [5.74, 6) is 0. The summed E-state index contributed by atoms with van der Waals surface area (Å²) in [6, 6.07) is 0.417. The van der Waals surface area contributed by atoms with E-state index >= 15 is 0 Å². The summed E-state index contributed by atoms with van der Waals surface area (Å²) in [5, 5.41) is 7.32.